The maximum absolute atomic E-state index is 2.45. The molecule has 0 atom stereocenters. The van der Waals surface area contributed by atoms with Gasteiger partial charge in [0.25, 0.3) is 0 Å². The normalized spacial score (nSPS) is 10.5. The van der Waals surface area contributed by atoms with Crippen LogP contribution in [0.25, 0.3) is 0 Å². The van der Waals surface area contributed by atoms with E-state index in [4.69, 9.17) is 0 Å². The summed E-state index contributed by atoms with van der Waals surface area (Å²) in [5.41, 5.74) is 1.49. The van der Waals surface area contributed by atoms with Crippen molar-refractivity contribution in [3.63, 3.8) is 0 Å². The minimum atomic E-state index is -1.10. The molecule has 0 aliphatic heterocycles. The molecule has 0 bridgehead atoms. The van der Waals surface area contributed by atoms with Crippen molar-refractivity contribution in [2.45, 2.75) is 9.44 Å². The standard InChI is InChI=1S/C14H15Te/c1-15(14-10-6-3-7-11-14)12-13-8-4-2-5-9-13/h2-11H,12H2,1H3/q+1. The first-order chi connectivity index (χ1) is 7.36. The Hall–Kier alpha value is -0.770. The molecule has 2 aromatic rings. The molecule has 0 aliphatic carbocycles. The molecule has 0 aromatic heterocycles. The van der Waals surface area contributed by atoms with Crippen LogP contribution in [0, 0.1) is 0 Å². The Balaban J connectivity index is 2.08. The molecule has 0 saturated carbocycles. The summed E-state index contributed by atoms with van der Waals surface area (Å²) in [6, 6.07) is 21.8. The zero-order valence-electron chi connectivity index (χ0n) is 8.89. The van der Waals surface area contributed by atoms with E-state index in [1.807, 2.05) is 0 Å². The summed E-state index contributed by atoms with van der Waals surface area (Å²) < 4.78 is 2.87. The van der Waals surface area contributed by atoms with Gasteiger partial charge in [-0.05, 0) is 0 Å². The maximum atomic E-state index is 2.45. The second-order valence-electron chi connectivity index (χ2n) is 3.58. The SMILES string of the molecule is C[Te+](Cc1ccccc1)c1ccccc1. The molecule has 0 spiro atoms. The molecule has 0 fully saturated rings. The van der Waals surface area contributed by atoms with E-state index in [0.29, 0.717) is 0 Å². The fourth-order valence-electron chi connectivity index (χ4n) is 1.56. The number of benzene rings is 2. The Labute approximate surface area is 98.6 Å². The van der Waals surface area contributed by atoms with Crippen molar-refractivity contribution in [2.24, 2.45) is 0 Å². The Morgan fingerprint density at radius 1 is 0.800 bits per heavy atom. The van der Waals surface area contributed by atoms with E-state index >= 15 is 0 Å². The molecule has 0 N–H and O–H groups in total. The molecule has 0 unspecified atom stereocenters. The van der Waals surface area contributed by atoms with Gasteiger partial charge in [0.1, 0.15) is 0 Å². The Kier molecular flexibility index (Phi) is 3.83. The van der Waals surface area contributed by atoms with E-state index in [9.17, 15) is 0 Å². The van der Waals surface area contributed by atoms with Crippen molar-refractivity contribution in [3.05, 3.63) is 66.2 Å². The summed E-state index contributed by atoms with van der Waals surface area (Å²) in [4.78, 5) is 2.45. The van der Waals surface area contributed by atoms with Crippen LogP contribution in [0.5, 0.6) is 0 Å². The van der Waals surface area contributed by atoms with Crippen LogP contribution in [0.4, 0.5) is 0 Å². The minimum absolute atomic E-state index is 1.10. The number of hydrogen-bond acceptors (Lipinski definition) is 0. The molecule has 0 aliphatic rings. The molecule has 1 heteroatoms. The molecule has 0 radical (unpaired) electrons. The second-order valence-corrected chi connectivity index (χ2v) is 9.39. The first-order valence-corrected chi connectivity index (χ1v) is 10.2. The predicted molar refractivity (Wildman–Crippen MR) is 67.8 cm³/mol. The van der Waals surface area contributed by atoms with Gasteiger partial charge in [-0.1, -0.05) is 0 Å². The molecular formula is C14H15Te+. The third-order valence-corrected chi connectivity index (χ3v) is 7.63. The van der Waals surface area contributed by atoms with E-state index in [2.05, 4.69) is 65.6 Å². The zero-order valence-corrected chi connectivity index (χ0v) is 11.2. The summed E-state index contributed by atoms with van der Waals surface area (Å²) in [5.74, 6) is 0. The summed E-state index contributed by atoms with van der Waals surface area (Å²) in [7, 11) is 0. The van der Waals surface area contributed by atoms with Crippen molar-refractivity contribution in [3.8, 4) is 0 Å². The molecule has 2 rings (SSSR count). The van der Waals surface area contributed by atoms with Crippen LogP contribution in [0.1, 0.15) is 5.56 Å². The van der Waals surface area contributed by atoms with Gasteiger partial charge in [-0.3, -0.25) is 0 Å². The van der Waals surface area contributed by atoms with Crippen LogP contribution in [0.15, 0.2) is 60.7 Å². The van der Waals surface area contributed by atoms with Crippen molar-refractivity contribution in [1.29, 1.82) is 0 Å². The van der Waals surface area contributed by atoms with Crippen molar-refractivity contribution in [2.75, 3.05) is 0 Å². The van der Waals surface area contributed by atoms with Gasteiger partial charge < -0.3 is 0 Å². The second kappa shape index (κ2) is 5.35. The fourth-order valence-corrected chi connectivity index (χ4v) is 5.79. The molecule has 0 amide bonds. The average Bonchev–Trinajstić information content (AvgIpc) is 2.31. The van der Waals surface area contributed by atoms with Crippen LogP contribution < -0.4 is 3.61 Å². The van der Waals surface area contributed by atoms with Gasteiger partial charge in [0.15, 0.2) is 0 Å². The molecule has 76 valence electrons. The molecule has 0 heterocycles. The van der Waals surface area contributed by atoms with Crippen LogP contribution in [0.3, 0.4) is 0 Å². The molecule has 0 nitrogen and oxygen atoms in total. The van der Waals surface area contributed by atoms with Gasteiger partial charge in [0.2, 0.25) is 0 Å². The predicted octanol–water partition coefficient (Wildman–Crippen LogP) is 2.80. The third-order valence-electron chi connectivity index (χ3n) is 2.37. The molecule has 15 heavy (non-hydrogen) atoms. The summed E-state index contributed by atoms with van der Waals surface area (Å²) >= 11 is -1.10. The first-order valence-electron chi connectivity index (χ1n) is 5.08. The van der Waals surface area contributed by atoms with Crippen LogP contribution in [-0.4, -0.2) is 19.6 Å². The van der Waals surface area contributed by atoms with Crippen LogP contribution in [0.2, 0.25) is 4.97 Å². The fraction of sp³-hybridized carbons (Fsp3) is 0.143. The number of rotatable bonds is 3. The van der Waals surface area contributed by atoms with E-state index in [1.54, 1.807) is 3.61 Å². The monoisotopic (exact) mass is 313 g/mol. The summed E-state index contributed by atoms with van der Waals surface area (Å²) in [6.07, 6.45) is 0. The average molecular weight is 311 g/mol. The van der Waals surface area contributed by atoms with E-state index < -0.39 is 19.6 Å². The van der Waals surface area contributed by atoms with Gasteiger partial charge >= 0.3 is 98.8 Å². The van der Waals surface area contributed by atoms with Gasteiger partial charge in [-0.2, -0.15) is 0 Å². The van der Waals surface area contributed by atoms with Gasteiger partial charge in [-0.25, -0.2) is 0 Å². The first kappa shape index (κ1) is 10.7. The quantitative estimate of drug-likeness (QED) is 0.765. The molecule has 2 aromatic carbocycles. The van der Waals surface area contributed by atoms with Crippen LogP contribution in [-0.2, 0) is 4.47 Å². The zero-order chi connectivity index (χ0) is 10.5. The Morgan fingerprint density at radius 3 is 1.93 bits per heavy atom. The van der Waals surface area contributed by atoms with Crippen molar-refractivity contribution < 1.29 is 0 Å². The van der Waals surface area contributed by atoms with E-state index in [-0.39, 0.29) is 0 Å². The third kappa shape index (κ3) is 3.09. The van der Waals surface area contributed by atoms with Gasteiger partial charge in [0.05, 0.1) is 0 Å². The van der Waals surface area contributed by atoms with E-state index in [1.165, 1.54) is 10.0 Å². The van der Waals surface area contributed by atoms with Crippen LogP contribution >= 0.6 is 0 Å². The van der Waals surface area contributed by atoms with E-state index in [0.717, 1.165) is 0 Å². The van der Waals surface area contributed by atoms with Crippen molar-refractivity contribution in [1.82, 2.24) is 0 Å². The molecular weight excluding hydrogens is 296 g/mol. The Bertz CT molecular complexity index is 394. The summed E-state index contributed by atoms with van der Waals surface area (Å²) in [5, 5.41) is 0. The van der Waals surface area contributed by atoms with Gasteiger partial charge in [0, 0.05) is 0 Å². The molecule has 0 saturated heterocycles. The summed E-state index contributed by atoms with van der Waals surface area (Å²) in [6.45, 7) is 0. The number of hydrogen-bond donors (Lipinski definition) is 0. The van der Waals surface area contributed by atoms with Gasteiger partial charge in [-0.15, -0.1) is 0 Å². The van der Waals surface area contributed by atoms with Crippen molar-refractivity contribution >= 4 is 23.2 Å². The Morgan fingerprint density at radius 2 is 1.33 bits per heavy atom. The topological polar surface area (TPSA) is 0 Å².